The van der Waals surface area contributed by atoms with Gasteiger partial charge in [0.05, 0.1) is 18.4 Å². The lowest BCUT2D eigenvalue weighted by Gasteiger charge is -2.36. The highest BCUT2D eigenvalue weighted by Gasteiger charge is 2.28. The van der Waals surface area contributed by atoms with E-state index in [1.54, 1.807) is 11.8 Å². The van der Waals surface area contributed by atoms with E-state index in [1.165, 1.54) is 0 Å². The molecule has 0 aromatic carbocycles. The predicted molar refractivity (Wildman–Crippen MR) is 81.9 cm³/mol. The molecule has 1 aromatic heterocycles. The van der Waals surface area contributed by atoms with Crippen LogP contribution in [0.15, 0.2) is 4.52 Å². The molecule has 1 aromatic rings. The van der Waals surface area contributed by atoms with Gasteiger partial charge in [0.15, 0.2) is 0 Å². The molecule has 1 aliphatic rings. The van der Waals surface area contributed by atoms with Gasteiger partial charge in [-0.2, -0.15) is 0 Å². The highest BCUT2D eigenvalue weighted by molar-refractivity contribution is 7.88. The summed E-state index contributed by atoms with van der Waals surface area (Å²) in [5.74, 6) is 0.656. The van der Waals surface area contributed by atoms with E-state index in [0.29, 0.717) is 12.3 Å². The van der Waals surface area contributed by atoms with Crippen LogP contribution in [0.4, 0.5) is 0 Å². The first-order chi connectivity index (χ1) is 10.3. The van der Waals surface area contributed by atoms with Crippen molar-refractivity contribution in [2.75, 3.05) is 19.3 Å². The molecule has 7 nitrogen and oxygen atoms in total. The zero-order chi connectivity index (χ0) is 16.3. The summed E-state index contributed by atoms with van der Waals surface area (Å²) in [6.45, 7) is 4.55. The molecule has 1 amide bonds. The molecule has 2 rings (SSSR count). The molecule has 1 atom stereocenters. The number of amides is 1. The third kappa shape index (κ3) is 4.30. The number of nitrogens with one attached hydrogen (secondary N) is 1. The molecule has 1 fully saturated rings. The third-order valence-corrected chi connectivity index (χ3v) is 4.73. The average molecular weight is 329 g/mol. The number of piperidine rings is 1. The van der Waals surface area contributed by atoms with E-state index in [9.17, 15) is 13.2 Å². The molecular formula is C14H23N3O4S. The molecular weight excluding hydrogens is 306 g/mol. The normalized spacial score (nSPS) is 19.4. The Morgan fingerprint density at radius 2 is 2.14 bits per heavy atom. The Bertz CT molecular complexity index is 619. The molecule has 22 heavy (non-hydrogen) atoms. The molecule has 124 valence electrons. The van der Waals surface area contributed by atoms with Gasteiger partial charge in [0.1, 0.15) is 5.76 Å². The number of rotatable bonds is 5. The number of carbonyl (C=O) groups is 1. The fourth-order valence-corrected chi connectivity index (χ4v) is 3.29. The Labute approximate surface area is 131 Å². The predicted octanol–water partition coefficient (Wildman–Crippen LogP) is 0.764. The van der Waals surface area contributed by atoms with Crippen LogP contribution in [0, 0.1) is 13.8 Å². The molecule has 1 N–H and O–H groups in total. The van der Waals surface area contributed by atoms with Crippen molar-refractivity contribution >= 4 is 15.9 Å². The molecule has 0 radical (unpaired) electrons. The van der Waals surface area contributed by atoms with Crippen molar-refractivity contribution in [3.63, 3.8) is 0 Å². The minimum atomic E-state index is -3.25. The fourth-order valence-electron chi connectivity index (χ4n) is 2.80. The lowest BCUT2D eigenvalue weighted by Crippen LogP contribution is -2.49. The summed E-state index contributed by atoms with van der Waals surface area (Å²) in [5, 5.41) is 3.86. The van der Waals surface area contributed by atoms with Crippen LogP contribution in [0.3, 0.4) is 0 Å². The van der Waals surface area contributed by atoms with Gasteiger partial charge in [-0.3, -0.25) is 4.79 Å². The smallest absolute Gasteiger partial charge is 0.227 e. The second-order valence-corrected chi connectivity index (χ2v) is 7.67. The Balaban J connectivity index is 2.05. The Kier molecular flexibility index (Phi) is 5.23. The first-order valence-electron chi connectivity index (χ1n) is 7.44. The lowest BCUT2D eigenvalue weighted by molar-refractivity contribution is -0.134. The summed E-state index contributed by atoms with van der Waals surface area (Å²) >= 11 is 0. The van der Waals surface area contributed by atoms with Crippen molar-refractivity contribution in [1.82, 2.24) is 14.8 Å². The summed E-state index contributed by atoms with van der Waals surface area (Å²) < 4.78 is 30.1. The van der Waals surface area contributed by atoms with Gasteiger partial charge in [0.2, 0.25) is 15.9 Å². The van der Waals surface area contributed by atoms with Gasteiger partial charge in [-0.25, -0.2) is 13.1 Å². The number of sulfonamides is 1. The van der Waals surface area contributed by atoms with Gasteiger partial charge in [-0.05, 0) is 33.1 Å². The van der Waals surface area contributed by atoms with Crippen molar-refractivity contribution in [1.29, 1.82) is 0 Å². The molecule has 8 heteroatoms. The van der Waals surface area contributed by atoms with E-state index >= 15 is 0 Å². The standard InChI is InChI=1S/C14H23N3O4S/c1-10-13(11(2)21-16-10)8-14(18)17-7-5-4-6-12(17)9-15-22(3,19)20/h12,15H,4-9H2,1-3H3/t12-/m1/s1. The summed E-state index contributed by atoms with van der Waals surface area (Å²) in [7, 11) is -3.25. The Hall–Kier alpha value is -1.41. The third-order valence-electron chi connectivity index (χ3n) is 4.04. The van der Waals surface area contributed by atoms with E-state index in [0.717, 1.165) is 36.8 Å². The fraction of sp³-hybridized carbons (Fsp3) is 0.714. The lowest BCUT2D eigenvalue weighted by atomic mass is 10.0. The number of aryl methyl sites for hydroxylation is 2. The number of aromatic nitrogens is 1. The van der Waals surface area contributed by atoms with Crippen LogP contribution in [0.25, 0.3) is 0 Å². The van der Waals surface area contributed by atoms with Crippen LogP contribution < -0.4 is 4.72 Å². The summed E-state index contributed by atoms with van der Waals surface area (Å²) in [6, 6.07) is -0.0866. The van der Waals surface area contributed by atoms with Crippen LogP contribution in [0.5, 0.6) is 0 Å². The molecule has 0 bridgehead atoms. The minimum Gasteiger partial charge on any atom is -0.361 e. The van der Waals surface area contributed by atoms with Crippen LogP contribution in [-0.2, 0) is 21.2 Å². The maximum Gasteiger partial charge on any atom is 0.227 e. The highest BCUT2D eigenvalue weighted by atomic mass is 32.2. The average Bonchev–Trinajstić information content (AvgIpc) is 2.76. The van der Waals surface area contributed by atoms with E-state index in [4.69, 9.17) is 4.52 Å². The van der Waals surface area contributed by atoms with Crippen molar-refractivity contribution in [3.8, 4) is 0 Å². The topological polar surface area (TPSA) is 92.5 Å². The van der Waals surface area contributed by atoms with Gasteiger partial charge in [-0.1, -0.05) is 5.16 Å². The molecule has 0 unspecified atom stereocenters. The monoisotopic (exact) mass is 329 g/mol. The number of carbonyl (C=O) groups excluding carboxylic acids is 1. The van der Waals surface area contributed by atoms with Crippen molar-refractivity contribution in [2.45, 2.75) is 45.6 Å². The van der Waals surface area contributed by atoms with E-state index in [1.807, 2.05) is 6.92 Å². The number of hydrogen-bond acceptors (Lipinski definition) is 5. The number of likely N-dealkylation sites (tertiary alicyclic amines) is 1. The largest absolute Gasteiger partial charge is 0.361 e. The van der Waals surface area contributed by atoms with Crippen molar-refractivity contribution < 1.29 is 17.7 Å². The molecule has 0 aliphatic carbocycles. The SMILES string of the molecule is Cc1noc(C)c1CC(=O)N1CCCC[C@@H]1CNS(C)(=O)=O. The molecule has 1 aliphatic heterocycles. The second-order valence-electron chi connectivity index (χ2n) is 5.84. The van der Waals surface area contributed by atoms with Crippen LogP contribution in [0.1, 0.15) is 36.3 Å². The highest BCUT2D eigenvalue weighted by Crippen LogP contribution is 2.20. The van der Waals surface area contributed by atoms with Crippen LogP contribution in [-0.4, -0.2) is 49.8 Å². The quantitative estimate of drug-likeness (QED) is 0.861. The number of nitrogens with zero attached hydrogens (tertiary/aromatic N) is 2. The van der Waals surface area contributed by atoms with Gasteiger partial charge in [0, 0.05) is 24.7 Å². The van der Waals surface area contributed by atoms with Crippen molar-refractivity contribution in [2.24, 2.45) is 0 Å². The Morgan fingerprint density at radius 1 is 1.41 bits per heavy atom. The molecule has 0 spiro atoms. The zero-order valence-electron chi connectivity index (χ0n) is 13.3. The molecule has 0 saturated carbocycles. The zero-order valence-corrected chi connectivity index (χ0v) is 14.1. The molecule has 2 heterocycles. The minimum absolute atomic E-state index is 0.00518. The summed E-state index contributed by atoms with van der Waals surface area (Å²) in [5.41, 5.74) is 1.55. The summed E-state index contributed by atoms with van der Waals surface area (Å²) in [6.07, 6.45) is 4.15. The van der Waals surface area contributed by atoms with Gasteiger partial charge >= 0.3 is 0 Å². The van der Waals surface area contributed by atoms with Crippen molar-refractivity contribution in [3.05, 3.63) is 17.0 Å². The van der Waals surface area contributed by atoms with Gasteiger partial charge < -0.3 is 9.42 Å². The van der Waals surface area contributed by atoms with E-state index in [2.05, 4.69) is 9.88 Å². The second kappa shape index (κ2) is 6.78. The maximum atomic E-state index is 12.6. The summed E-state index contributed by atoms with van der Waals surface area (Å²) in [4.78, 5) is 14.4. The van der Waals surface area contributed by atoms with E-state index < -0.39 is 10.0 Å². The van der Waals surface area contributed by atoms with Crippen LogP contribution >= 0.6 is 0 Å². The van der Waals surface area contributed by atoms with Crippen LogP contribution in [0.2, 0.25) is 0 Å². The van der Waals surface area contributed by atoms with Gasteiger partial charge in [-0.15, -0.1) is 0 Å². The first kappa shape index (κ1) is 17.0. The number of hydrogen-bond donors (Lipinski definition) is 1. The maximum absolute atomic E-state index is 12.6. The Morgan fingerprint density at radius 3 is 2.73 bits per heavy atom. The first-order valence-corrected chi connectivity index (χ1v) is 9.33. The van der Waals surface area contributed by atoms with Gasteiger partial charge in [0.25, 0.3) is 0 Å². The molecule has 1 saturated heterocycles. The van der Waals surface area contributed by atoms with E-state index in [-0.39, 0.29) is 24.9 Å².